The number of methoxy groups -OCH3 is 1. The molecule has 0 saturated heterocycles. The first kappa shape index (κ1) is 12.0. The molecule has 0 aliphatic carbocycles. The van der Waals surface area contributed by atoms with Crippen molar-refractivity contribution in [3.05, 3.63) is 29.8 Å². The van der Waals surface area contributed by atoms with E-state index in [1.807, 2.05) is 13.0 Å². The quantitative estimate of drug-likeness (QED) is 0.853. The molecule has 1 atom stereocenters. The molecule has 82 valence electrons. The lowest BCUT2D eigenvalue weighted by Crippen LogP contribution is -2.33. The molecule has 1 rings (SSSR count). The number of halogens is 1. The van der Waals surface area contributed by atoms with E-state index in [4.69, 9.17) is 4.74 Å². The zero-order valence-corrected chi connectivity index (χ0v) is 10.4. The highest BCUT2D eigenvalue weighted by Crippen LogP contribution is 2.12. The number of nitrogens with one attached hydrogen (secondary N) is 1. The third-order valence-electron chi connectivity index (χ3n) is 1.94. The van der Waals surface area contributed by atoms with Crippen LogP contribution >= 0.6 is 15.9 Å². The average molecular weight is 272 g/mol. The van der Waals surface area contributed by atoms with Gasteiger partial charge in [-0.3, -0.25) is 4.79 Å². The van der Waals surface area contributed by atoms with E-state index in [0.29, 0.717) is 11.3 Å². The first-order valence-corrected chi connectivity index (χ1v) is 5.80. The van der Waals surface area contributed by atoms with Crippen molar-refractivity contribution in [2.45, 2.75) is 13.0 Å². The predicted molar refractivity (Wildman–Crippen MR) is 63.7 cm³/mol. The van der Waals surface area contributed by atoms with Crippen molar-refractivity contribution in [3.63, 3.8) is 0 Å². The van der Waals surface area contributed by atoms with Gasteiger partial charge in [0.15, 0.2) is 0 Å². The van der Waals surface area contributed by atoms with Gasteiger partial charge >= 0.3 is 0 Å². The molecule has 1 aromatic rings. The lowest BCUT2D eigenvalue weighted by atomic mass is 10.2. The van der Waals surface area contributed by atoms with Gasteiger partial charge in [0.25, 0.3) is 5.91 Å². The molecule has 1 unspecified atom stereocenters. The Balaban J connectivity index is 2.73. The topological polar surface area (TPSA) is 38.3 Å². The summed E-state index contributed by atoms with van der Waals surface area (Å²) in [7, 11) is 1.58. The molecule has 0 bridgehead atoms. The Labute approximate surface area is 97.9 Å². The first-order valence-electron chi connectivity index (χ1n) is 4.68. The molecule has 15 heavy (non-hydrogen) atoms. The van der Waals surface area contributed by atoms with Crippen LogP contribution in [0.5, 0.6) is 5.75 Å². The zero-order chi connectivity index (χ0) is 11.3. The normalized spacial score (nSPS) is 11.9. The molecule has 0 spiro atoms. The second-order valence-electron chi connectivity index (χ2n) is 3.26. The van der Waals surface area contributed by atoms with Crippen LogP contribution in [0.2, 0.25) is 0 Å². The monoisotopic (exact) mass is 271 g/mol. The van der Waals surface area contributed by atoms with E-state index in [1.165, 1.54) is 0 Å². The second kappa shape index (κ2) is 5.75. The fraction of sp³-hybridized carbons (Fsp3) is 0.364. The standard InChI is InChI=1S/C11H14BrNO2/c1-8(7-12)13-11(14)9-4-3-5-10(6-9)15-2/h3-6,8H,7H2,1-2H3,(H,13,14). The fourth-order valence-electron chi connectivity index (χ4n) is 1.11. The van der Waals surface area contributed by atoms with Crippen molar-refractivity contribution >= 4 is 21.8 Å². The Morgan fingerprint density at radius 1 is 1.60 bits per heavy atom. The number of hydrogen-bond donors (Lipinski definition) is 1. The maximum atomic E-state index is 11.7. The van der Waals surface area contributed by atoms with Gasteiger partial charge in [-0.25, -0.2) is 0 Å². The largest absolute Gasteiger partial charge is 0.497 e. The molecule has 0 saturated carbocycles. The fourth-order valence-corrected chi connectivity index (χ4v) is 1.27. The third-order valence-corrected chi connectivity index (χ3v) is 2.91. The molecule has 0 radical (unpaired) electrons. The molecule has 1 amide bonds. The van der Waals surface area contributed by atoms with Crippen LogP contribution in [-0.4, -0.2) is 24.4 Å². The van der Waals surface area contributed by atoms with Crippen molar-refractivity contribution in [1.82, 2.24) is 5.32 Å². The summed E-state index contributed by atoms with van der Waals surface area (Å²) >= 11 is 3.30. The van der Waals surface area contributed by atoms with Gasteiger partial charge in [0.05, 0.1) is 7.11 Å². The zero-order valence-electron chi connectivity index (χ0n) is 8.79. The number of amides is 1. The lowest BCUT2D eigenvalue weighted by Gasteiger charge is -2.11. The lowest BCUT2D eigenvalue weighted by molar-refractivity contribution is 0.0943. The summed E-state index contributed by atoms with van der Waals surface area (Å²) in [5.41, 5.74) is 0.613. The molecule has 3 nitrogen and oxygen atoms in total. The van der Waals surface area contributed by atoms with Crippen molar-refractivity contribution in [1.29, 1.82) is 0 Å². The van der Waals surface area contributed by atoms with Crippen LogP contribution < -0.4 is 10.1 Å². The second-order valence-corrected chi connectivity index (χ2v) is 3.91. The number of alkyl halides is 1. The predicted octanol–water partition coefficient (Wildman–Crippen LogP) is 2.21. The highest BCUT2D eigenvalue weighted by Gasteiger charge is 2.08. The summed E-state index contributed by atoms with van der Waals surface area (Å²) in [5.74, 6) is 0.606. The molecular weight excluding hydrogens is 258 g/mol. The van der Waals surface area contributed by atoms with Crippen molar-refractivity contribution < 1.29 is 9.53 Å². The minimum atomic E-state index is -0.0825. The molecule has 0 aliphatic rings. The van der Waals surface area contributed by atoms with Crippen LogP contribution in [0.1, 0.15) is 17.3 Å². The third kappa shape index (κ3) is 3.55. The van der Waals surface area contributed by atoms with E-state index in [0.717, 1.165) is 5.33 Å². The smallest absolute Gasteiger partial charge is 0.251 e. The Morgan fingerprint density at radius 2 is 2.33 bits per heavy atom. The molecule has 1 aromatic carbocycles. The molecular formula is C11H14BrNO2. The van der Waals surface area contributed by atoms with Gasteiger partial charge < -0.3 is 10.1 Å². The summed E-state index contributed by atoms with van der Waals surface area (Å²) in [6, 6.07) is 7.20. The van der Waals surface area contributed by atoms with E-state index in [-0.39, 0.29) is 11.9 Å². The van der Waals surface area contributed by atoms with Crippen LogP contribution in [0.4, 0.5) is 0 Å². The van der Waals surface area contributed by atoms with E-state index < -0.39 is 0 Å². The average Bonchev–Trinajstić information content (AvgIpc) is 2.28. The SMILES string of the molecule is COc1cccc(C(=O)NC(C)CBr)c1. The van der Waals surface area contributed by atoms with Gasteiger partial charge in [-0.1, -0.05) is 22.0 Å². The summed E-state index contributed by atoms with van der Waals surface area (Å²) in [4.78, 5) is 11.7. The summed E-state index contributed by atoms with van der Waals surface area (Å²) < 4.78 is 5.05. The summed E-state index contributed by atoms with van der Waals surface area (Å²) in [6.45, 7) is 1.94. The van der Waals surface area contributed by atoms with Crippen LogP contribution in [0, 0.1) is 0 Å². The molecule has 0 heterocycles. The van der Waals surface area contributed by atoms with E-state index in [1.54, 1.807) is 25.3 Å². The molecule has 4 heteroatoms. The summed E-state index contributed by atoms with van der Waals surface area (Å²) in [5, 5.41) is 3.59. The van der Waals surface area contributed by atoms with E-state index in [9.17, 15) is 4.79 Å². The Kier molecular flexibility index (Phi) is 4.62. The van der Waals surface area contributed by atoms with Crippen LogP contribution in [0.3, 0.4) is 0 Å². The van der Waals surface area contributed by atoms with Crippen molar-refractivity contribution in [2.75, 3.05) is 12.4 Å². The van der Waals surface area contributed by atoms with E-state index >= 15 is 0 Å². The number of carbonyl (C=O) groups excluding carboxylic acids is 1. The maximum absolute atomic E-state index is 11.7. The number of hydrogen-bond acceptors (Lipinski definition) is 2. The van der Waals surface area contributed by atoms with E-state index in [2.05, 4.69) is 21.2 Å². The van der Waals surface area contributed by atoms with Crippen LogP contribution in [0.15, 0.2) is 24.3 Å². The number of benzene rings is 1. The minimum absolute atomic E-state index is 0.0825. The summed E-state index contributed by atoms with van der Waals surface area (Å²) in [6.07, 6.45) is 0. The van der Waals surface area contributed by atoms with Crippen molar-refractivity contribution in [2.24, 2.45) is 0 Å². The highest BCUT2D eigenvalue weighted by molar-refractivity contribution is 9.09. The van der Waals surface area contributed by atoms with Gasteiger partial charge in [0.2, 0.25) is 0 Å². The number of carbonyl (C=O) groups is 1. The highest BCUT2D eigenvalue weighted by atomic mass is 79.9. The Morgan fingerprint density at radius 3 is 2.93 bits per heavy atom. The van der Waals surface area contributed by atoms with Gasteiger partial charge in [-0.05, 0) is 25.1 Å². The molecule has 0 aromatic heterocycles. The molecule has 0 aliphatic heterocycles. The Bertz CT molecular complexity index is 341. The maximum Gasteiger partial charge on any atom is 0.251 e. The molecule has 0 fully saturated rings. The first-order chi connectivity index (χ1) is 7.17. The molecule has 1 N–H and O–H groups in total. The number of ether oxygens (including phenoxy) is 1. The van der Waals surface area contributed by atoms with Crippen LogP contribution in [-0.2, 0) is 0 Å². The van der Waals surface area contributed by atoms with Crippen LogP contribution in [0.25, 0.3) is 0 Å². The number of rotatable bonds is 4. The van der Waals surface area contributed by atoms with Gasteiger partial charge in [0, 0.05) is 16.9 Å². The van der Waals surface area contributed by atoms with Crippen molar-refractivity contribution in [3.8, 4) is 5.75 Å². The van der Waals surface area contributed by atoms with Gasteiger partial charge in [-0.2, -0.15) is 0 Å². The minimum Gasteiger partial charge on any atom is -0.497 e. The Hall–Kier alpha value is -1.03. The van der Waals surface area contributed by atoms with Gasteiger partial charge in [0.1, 0.15) is 5.75 Å². The van der Waals surface area contributed by atoms with Gasteiger partial charge in [-0.15, -0.1) is 0 Å².